The van der Waals surface area contributed by atoms with Gasteiger partial charge in [0.1, 0.15) is 17.2 Å². The van der Waals surface area contributed by atoms with Crippen LogP contribution in [0, 0.1) is 23.7 Å². The molecule has 0 heterocycles. The van der Waals surface area contributed by atoms with Crippen molar-refractivity contribution < 1.29 is 28.6 Å². The Morgan fingerprint density at radius 1 is 0.658 bits per heavy atom. The Morgan fingerprint density at radius 2 is 1.13 bits per heavy atom. The normalized spacial score (nSPS) is 9.39. The first-order valence-corrected chi connectivity index (χ1v) is 11.2. The third-order valence-corrected chi connectivity index (χ3v) is 4.70. The highest BCUT2D eigenvalue weighted by atomic mass is 16.5. The van der Waals surface area contributed by atoms with Crippen LogP contribution in [0.5, 0.6) is 17.2 Å². The lowest BCUT2D eigenvalue weighted by Gasteiger charge is -2.05. The largest absolute Gasteiger partial charge is 0.423 e. The molecule has 0 unspecified atom stereocenters. The highest BCUT2D eigenvalue weighted by Gasteiger charge is 2.08. The summed E-state index contributed by atoms with van der Waals surface area (Å²) in [5.74, 6) is 11.3. The van der Waals surface area contributed by atoms with Crippen LogP contribution in [0.4, 0.5) is 0 Å². The van der Waals surface area contributed by atoms with Crippen LogP contribution in [0.2, 0.25) is 0 Å². The maximum Gasteiger partial charge on any atom is 0.338 e. The fraction of sp³-hybridized carbons (Fsp3) is 0.0312. The van der Waals surface area contributed by atoms with E-state index in [0.29, 0.717) is 39.3 Å². The first-order chi connectivity index (χ1) is 18.3. The lowest BCUT2D eigenvalue weighted by molar-refractivity contribution is -0.130. The van der Waals surface area contributed by atoms with Gasteiger partial charge >= 0.3 is 17.9 Å². The van der Waals surface area contributed by atoms with Gasteiger partial charge in [0.05, 0.1) is 5.56 Å². The van der Waals surface area contributed by atoms with Crippen molar-refractivity contribution in [3.8, 4) is 40.9 Å². The zero-order chi connectivity index (χ0) is 27.5. The van der Waals surface area contributed by atoms with Crippen LogP contribution >= 0.6 is 0 Å². The molecule has 0 saturated carbocycles. The summed E-state index contributed by atoms with van der Waals surface area (Å²) >= 11 is 0. The van der Waals surface area contributed by atoms with E-state index in [4.69, 9.17) is 14.2 Å². The molecule has 38 heavy (non-hydrogen) atoms. The number of ether oxygens (including phenoxy) is 3. The van der Waals surface area contributed by atoms with Gasteiger partial charge in [-0.3, -0.25) is 0 Å². The second-order valence-corrected chi connectivity index (χ2v) is 7.68. The molecule has 0 spiro atoms. The maximum absolute atomic E-state index is 11.9. The highest BCUT2D eigenvalue weighted by Crippen LogP contribution is 2.21. The Balaban J connectivity index is 1.81. The van der Waals surface area contributed by atoms with Crippen molar-refractivity contribution in [2.75, 3.05) is 0 Å². The molecule has 0 aliphatic heterocycles. The summed E-state index contributed by atoms with van der Waals surface area (Å²) in [6.45, 7) is 11.9. The molecule has 0 aromatic heterocycles. The molecule has 6 heteroatoms. The Kier molecular flexibility index (Phi) is 9.18. The smallest absolute Gasteiger partial charge is 0.338 e. The molecular formula is C32H22O6. The Bertz CT molecular complexity index is 1540. The van der Waals surface area contributed by atoms with E-state index < -0.39 is 17.9 Å². The summed E-state index contributed by atoms with van der Waals surface area (Å²) in [7, 11) is 0. The lowest BCUT2D eigenvalue weighted by Crippen LogP contribution is -2.07. The fourth-order valence-electron chi connectivity index (χ4n) is 2.79. The van der Waals surface area contributed by atoms with Gasteiger partial charge in [0.15, 0.2) is 0 Å². The third kappa shape index (κ3) is 7.98. The van der Waals surface area contributed by atoms with Gasteiger partial charge in [-0.1, -0.05) is 43.4 Å². The zero-order valence-corrected chi connectivity index (χ0v) is 20.6. The molecule has 0 radical (unpaired) electrons. The molecule has 0 fully saturated rings. The molecule has 0 bridgehead atoms. The molecule has 0 saturated heterocycles. The van der Waals surface area contributed by atoms with Gasteiger partial charge in [-0.15, -0.1) is 0 Å². The van der Waals surface area contributed by atoms with Crippen LogP contribution in [0.15, 0.2) is 104 Å². The minimum Gasteiger partial charge on any atom is -0.423 e. The third-order valence-electron chi connectivity index (χ3n) is 4.70. The van der Waals surface area contributed by atoms with Crippen molar-refractivity contribution in [2.24, 2.45) is 0 Å². The van der Waals surface area contributed by atoms with E-state index in [2.05, 4.69) is 43.4 Å². The van der Waals surface area contributed by atoms with Crippen molar-refractivity contribution >= 4 is 17.9 Å². The second-order valence-electron chi connectivity index (χ2n) is 7.68. The predicted molar refractivity (Wildman–Crippen MR) is 143 cm³/mol. The molecule has 3 rings (SSSR count). The van der Waals surface area contributed by atoms with Crippen molar-refractivity contribution in [3.05, 3.63) is 126 Å². The monoisotopic (exact) mass is 502 g/mol. The van der Waals surface area contributed by atoms with Crippen LogP contribution in [-0.4, -0.2) is 17.9 Å². The van der Waals surface area contributed by atoms with Gasteiger partial charge in [0.25, 0.3) is 0 Å². The predicted octanol–water partition coefficient (Wildman–Crippen LogP) is 5.15. The van der Waals surface area contributed by atoms with Crippen LogP contribution in [-0.2, 0) is 14.4 Å². The lowest BCUT2D eigenvalue weighted by atomic mass is 10.1. The van der Waals surface area contributed by atoms with Crippen molar-refractivity contribution in [3.63, 3.8) is 0 Å². The highest BCUT2D eigenvalue weighted by molar-refractivity contribution is 5.88. The van der Waals surface area contributed by atoms with Gasteiger partial charge in [-0.2, -0.15) is 0 Å². The summed E-state index contributed by atoms with van der Waals surface area (Å²) in [4.78, 5) is 34.8. The summed E-state index contributed by atoms with van der Waals surface area (Å²) in [5.41, 5.74) is 2.71. The number of carbonyl (C=O) groups excluding carboxylic acids is 3. The Labute approximate surface area is 220 Å². The van der Waals surface area contributed by atoms with Gasteiger partial charge in [-0.05, 0) is 73.7 Å². The summed E-state index contributed by atoms with van der Waals surface area (Å²) in [6, 6.07) is 18.4. The van der Waals surface area contributed by atoms with Crippen LogP contribution < -0.4 is 14.2 Å². The average Bonchev–Trinajstić information content (AvgIpc) is 2.92. The second kappa shape index (κ2) is 12.9. The quantitative estimate of drug-likeness (QED) is 0.201. The van der Waals surface area contributed by atoms with E-state index in [1.54, 1.807) is 73.7 Å². The summed E-state index contributed by atoms with van der Waals surface area (Å²) in [5, 5.41) is 0. The minimum atomic E-state index is -0.633. The standard InChI is InChI=1S/C32H22O6/c1-5-30(33)36-27-17-11-24(12-18-27)9-15-26-16-10-25(21-29(26)38-31(34)6-2)8-7-23-13-19-28(20-14-23)37-32(35)22(3)4/h5-6,10-14,16-21H,1-3H2,4H3. The molecule has 6 nitrogen and oxygen atoms in total. The van der Waals surface area contributed by atoms with Gasteiger partial charge in [-0.25, -0.2) is 14.4 Å². The topological polar surface area (TPSA) is 78.9 Å². The molecule has 0 aliphatic rings. The Morgan fingerprint density at radius 3 is 1.68 bits per heavy atom. The Hall–Kier alpha value is -5.59. The molecule has 0 amide bonds. The van der Waals surface area contributed by atoms with Crippen LogP contribution in [0.25, 0.3) is 0 Å². The molecule has 0 aliphatic carbocycles. The number of benzene rings is 3. The molecule has 0 N–H and O–H groups in total. The number of rotatable bonds is 6. The molecule has 0 atom stereocenters. The first kappa shape index (κ1) is 27.0. The van der Waals surface area contributed by atoms with Crippen LogP contribution in [0.3, 0.4) is 0 Å². The van der Waals surface area contributed by atoms with E-state index in [0.717, 1.165) is 12.2 Å². The molecule has 186 valence electrons. The number of hydrogen-bond donors (Lipinski definition) is 0. The van der Waals surface area contributed by atoms with Gasteiger partial charge in [0, 0.05) is 34.4 Å². The van der Waals surface area contributed by atoms with E-state index in [1.807, 2.05) is 0 Å². The van der Waals surface area contributed by atoms with Gasteiger partial charge in [0.2, 0.25) is 0 Å². The van der Waals surface area contributed by atoms with E-state index in [1.165, 1.54) is 0 Å². The van der Waals surface area contributed by atoms with Crippen molar-refractivity contribution in [1.82, 2.24) is 0 Å². The average molecular weight is 503 g/mol. The number of carbonyl (C=O) groups is 3. The maximum atomic E-state index is 11.9. The van der Waals surface area contributed by atoms with E-state index in [9.17, 15) is 14.4 Å². The minimum absolute atomic E-state index is 0.229. The zero-order valence-electron chi connectivity index (χ0n) is 20.6. The summed E-state index contributed by atoms with van der Waals surface area (Å²) < 4.78 is 15.6. The van der Waals surface area contributed by atoms with Crippen molar-refractivity contribution in [1.29, 1.82) is 0 Å². The first-order valence-electron chi connectivity index (χ1n) is 11.2. The molecular weight excluding hydrogens is 480 g/mol. The SMILES string of the molecule is C=CC(=O)Oc1ccc(C#Cc2ccc(C#Cc3ccc(OC(=O)C(=C)C)cc3)cc2OC(=O)C=C)cc1. The fourth-order valence-corrected chi connectivity index (χ4v) is 2.79. The van der Waals surface area contributed by atoms with Crippen LogP contribution in [0.1, 0.15) is 29.2 Å². The number of esters is 3. The van der Waals surface area contributed by atoms with E-state index >= 15 is 0 Å². The molecule has 3 aromatic carbocycles. The van der Waals surface area contributed by atoms with Gasteiger partial charge < -0.3 is 14.2 Å². The summed E-state index contributed by atoms with van der Waals surface area (Å²) in [6.07, 6.45) is 2.13. The van der Waals surface area contributed by atoms with Crippen molar-refractivity contribution in [2.45, 2.75) is 6.92 Å². The van der Waals surface area contributed by atoms with E-state index in [-0.39, 0.29) is 5.75 Å². The number of hydrogen-bond acceptors (Lipinski definition) is 6. The molecule has 3 aromatic rings.